The number of alkyl halides is 1. The number of halogens is 2. The second kappa shape index (κ2) is 5.12. The van der Waals surface area contributed by atoms with Crippen LogP contribution in [0.25, 0.3) is 16.7 Å². The normalized spacial score (nSPS) is 12.8. The van der Waals surface area contributed by atoms with E-state index in [0.29, 0.717) is 0 Å². The molecule has 0 amide bonds. The van der Waals surface area contributed by atoms with Gasteiger partial charge in [-0.3, -0.25) is 4.57 Å². The Kier molecular flexibility index (Phi) is 3.45. The van der Waals surface area contributed by atoms with Gasteiger partial charge >= 0.3 is 0 Å². The quantitative estimate of drug-likeness (QED) is 0.588. The van der Waals surface area contributed by atoms with E-state index in [0.717, 1.165) is 27.6 Å². The Labute approximate surface area is 128 Å². The highest BCUT2D eigenvalue weighted by Crippen LogP contribution is 2.30. The number of aryl methyl sites for hydroxylation is 1. The Bertz CT molecular complexity index is 758. The van der Waals surface area contributed by atoms with E-state index in [9.17, 15) is 0 Å². The molecule has 0 radical (unpaired) electrons. The van der Waals surface area contributed by atoms with E-state index in [1.165, 1.54) is 5.56 Å². The number of aromatic nitrogens is 2. The molecule has 0 fully saturated rings. The fourth-order valence-corrected chi connectivity index (χ4v) is 2.70. The maximum absolute atomic E-state index is 6.30. The number of fused-ring (bicyclic) bond motifs is 1. The van der Waals surface area contributed by atoms with E-state index >= 15 is 0 Å². The third kappa shape index (κ3) is 2.19. The smallest absolute Gasteiger partial charge is 0.132 e. The summed E-state index contributed by atoms with van der Waals surface area (Å²) in [5.41, 5.74) is 4.25. The molecule has 0 aliphatic carbocycles. The van der Waals surface area contributed by atoms with Gasteiger partial charge in [0.2, 0.25) is 0 Å². The van der Waals surface area contributed by atoms with Crippen molar-refractivity contribution < 1.29 is 0 Å². The van der Waals surface area contributed by atoms with Crippen LogP contribution in [0.2, 0.25) is 5.02 Å². The Morgan fingerprint density at radius 2 is 1.80 bits per heavy atom. The van der Waals surface area contributed by atoms with Crippen LogP contribution >= 0.6 is 23.2 Å². The predicted octanol–water partition coefficient (Wildman–Crippen LogP) is 5.29. The van der Waals surface area contributed by atoms with Crippen molar-refractivity contribution in [2.24, 2.45) is 0 Å². The summed E-state index contributed by atoms with van der Waals surface area (Å²) in [4.78, 5) is 4.67. The molecule has 1 aromatic heterocycles. The highest BCUT2D eigenvalue weighted by molar-refractivity contribution is 6.30. The van der Waals surface area contributed by atoms with Crippen molar-refractivity contribution in [2.45, 2.75) is 19.2 Å². The molecule has 0 saturated carbocycles. The van der Waals surface area contributed by atoms with E-state index in [4.69, 9.17) is 23.2 Å². The van der Waals surface area contributed by atoms with Crippen molar-refractivity contribution in [3.05, 3.63) is 58.9 Å². The topological polar surface area (TPSA) is 17.8 Å². The zero-order chi connectivity index (χ0) is 14.3. The number of nitrogens with zero attached hydrogens (tertiary/aromatic N) is 2. The Morgan fingerprint density at radius 3 is 2.45 bits per heavy atom. The van der Waals surface area contributed by atoms with Crippen molar-refractivity contribution in [1.29, 1.82) is 0 Å². The molecular formula is C16H14Cl2N2. The maximum Gasteiger partial charge on any atom is 0.132 e. The second-order valence-corrected chi connectivity index (χ2v) is 5.93. The first-order valence-electron chi connectivity index (χ1n) is 6.46. The number of hydrogen-bond acceptors (Lipinski definition) is 1. The summed E-state index contributed by atoms with van der Waals surface area (Å²) in [5.74, 6) is 0.846. The molecule has 0 saturated heterocycles. The summed E-state index contributed by atoms with van der Waals surface area (Å²) in [7, 11) is 0. The molecule has 2 aromatic carbocycles. The third-order valence-electron chi connectivity index (χ3n) is 3.34. The average molecular weight is 305 g/mol. The molecule has 2 nitrogen and oxygen atoms in total. The van der Waals surface area contributed by atoms with Gasteiger partial charge in [-0.25, -0.2) is 4.98 Å². The molecule has 1 atom stereocenters. The lowest BCUT2D eigenvalue weighted by Crippen LogP contribution is -2.02. The van der Waals surface area contributed by atoms with Crippen LogP contribution in [0, 0.1) is 6.92 Å². The van der Waals surface area contributed by atoms with Gasteiger partial charge in [0.25, 0.3) is 0 Å². The third-order valence-corrected chi connectivity index (χ3v) is 3.79. The van der Waals surface area contributed by atoms with Gasteiger partial charge in [0.05, 0.1) is 16.4 Å². The first kappa shape index (κ1) is 13.5. The number of hydrogen-bond donors (Lipinski definition) is 0. The molecule has 102 valence electrons. The second-order valence-electron chi connectivity index (χ2n) is 4.84. The van der Waals surface area contributed by atoms with Crippen LogP contribution in [0.15, 0.2) is 42.5 Å². The zero-order valence-electron chi connectivity index (χ0n) is 11.3. The Balaban J connectivity index is 2.36. The molecule has 0 N–H and O–H groups in total. The summed E-state index contributed by atoms with van der Waals surface area (Å²) < 4.78 is 2.11. The van der Waals surface area contributed by atoms with Crippen molar-refractivity contribution in [2.75, 3.05) is 0 Å². The average Bonchev–Trinajstić information content (AvgIpc) is 2.81. The Morgan fingerprint density at radius 1 is 1.10 bits per heavy atom. The number of benzene rings is 2. The predicted molar refractivity (Wildman–Crippen MR) is 85.1 cm³/mol. The Hall–Kier alpha value is -1.51. The van der Waals surface area contributed by atoms with Gasteiger partial charge < -0.3 is 0 Å². The van der Waals surface area contributed by atoms with Crippen LogP contribution in [-0.4, -0.2) is 9.55 Å². The van der Waals surface area contributed by atoms with Gasteiger partial charge in [0.1, 0.15) is 5.82 Å². The lowest BCUT2D eigenvalue weighted by molar-refractivity contribution is 0.881. The minimum Gasteiger partial charge on any atom is -0.295 e. The summed E-state index contributed by atoms with van der Waals surface area (Å²) in [5, 5.41) is 0.549. The molecule has 20 heavy (non-hydrogen) atoms. The van der Waals surface area contributed by atoms with E-state index in [1.807, 2.05) is 43.3 Å². The van der Waals surface area contributed by atoms with Crippen LogP contribution < -0.4 is 0 Å². The first-order chi connectivity index (χ1) is 9.58. The molecule has 3 aromatic rings. The standard InChI is InChI=1S/C16H14Cl2N2/c1-10-4-3-5-14-15(10)20(16(19-14)11(2)17)13-8-6-12(18)7-9-13/h3-9,11H,1-2H3. The molecule has 0 aliphatic rings. The molecule has 0 bridgehead atoms. The van der Waals surface area contributed by atoms with Gasteiger partial charge in [-0.1, -0.05) is 23.7 Å². The van der Waals surface area contributed by atoms with Crippen molar-refractivity contribution in [3.63, 3.8) is 0 Å². The van der Waals surface area contributed by atoms with E-state index < -0.39 is 0 Å². The van der Waals surface area contributed by atoms with Crippen molar-refractivity contribution in [3.8, 4) is 5.69 Å². The van der Waals surface area contributed by atoms with E-state index in [1.54, 1.807) is 0 Å². The van der Waals surface area contributed by atoms with Gasteiger partial charge in [-0.15, -0.1) is 11.6 Å². The SMILES string of the molecule is Cc1cccc2nc(C(C)Cl)n(-c3ccc(Cl)cc3)c12. The summed E-state index contributed by atoms with van der Waals surface area (Å²) in [6, 6.07) is 13.8. The number of imidazole rings is 1. The van der Waals surface area contributed by atoms with Crippen LogP contribution in [0.4, 0.5) is 0 Å². The largest absolute Gasteiger partial charge is 0.295 e. The van der Waals surface area contributed by atoms with Gasteiger partial charge in [-0.2, -0.15) is 0 Å². The molecule has 1 heterocycles. The van der Waals surface area contributed by atoms with Crippen molar-refractivity contribution in [1.82, 2.24) is 9.55 Å². The highest BCUT2D eigenvalue weighted by atomic mass is 35.5. The summed E-state index contributed by atoms with van der Waals surface area (Å²) in [6.45, 7) is 4.02. The molecular weight excluding hydrogens is 291 g/mol. The highest BCUT2D eigenvalue weighted by Gasteiger charge is 2.17. The van der Waals surface area contributed by atoms with Crippen molar-refractivity contribution >= 4 is 34.2 Å². The fourth-order valence-electron chi connectivity index (χ4n) is 2.43. The minimum atomic E-state index is -0.169. The minimum absolute atomic E-state index is 0.169. The van der Waals surface area contributed by atoms with Gasteiger partial charge in [0.15, 0.2) is 0 Å². The lowest BCUT2D eigenvalue weighted by Gasteiger charge is -2.11. The van der Waals surface area contributed by atoms with Crippen LogP contribution in [0.1, 0.15) is 23.7 Å². The molecule has 0 spiro atoms. The summed E-state index contributed by atoms with van der Waals surface area (Å²) in [6.07, 6.45) is 0. The fraction of sp³-hybridized carbons (Fsp3) is 0.188. The van der Waals surface area contributed by atoms with Gasteiger partial charge in [-0.05, 0) is 49.7 Å². The van der Waals surface area contributed by atoms with E-state index in [2.05, 4.69) is 22.5 Å². The van der Waals surface area contributed by atoms with Gasteiger partial charge in [0, 0.05) is 10.7 Å². The maximum atomic E-state index is 6.30. The monoisotopic (exact) mass is 304 g/mol. The number of para-hydroxylation sites is 1. The first-order valence-corrected chi connectivity index (χ1v) is 7.27. The molecule has 3 rings (SSSR count). The van der Waals surface area contributed by atoms with Crippen LogP contribution in [0.5, 0.6) is 0 Å². The van der Waals surface area contributed by atoms with Crippen LogP contribution in [0.3, 0.4) is 0 Å². The molecule has 0 aliphatic heterocycles. The number of rotatable bonds is 2. The molecule has 4 heteroatoms. The van der Waals surface area contributed by atoms with Crippen LogP contribution in [-0.2, 0) is 0 Å². The lowest BCUT2D eigenvalue weighted by atomic mass is 10.2. The summed E-state index contributed by atoms with van der Waals surface area (Å²) >= 11 is 12.3. The van der Waals surface area contributed by atoms with E-state index in [-0.39, 0.29) is 5.38 Å². The molecule has 1 unspecified atom stereocenters. The zero-order valence-corrected chi connectivity index (χ0v) is 12.8.